The predicted molar refractivity (Wildman–Crippen MR) is 207 cm³/mol. The molecule has 1 N–H and O–H groups in total. The van der Waals surface area contributed by atoms with E-state index in [9.17, 15) is 0 Å². The van der Waals surface area contributed by atoms with E-state index >= 15 is 0 Å². The van der Waals surface area contributed by atoms with Crippen molar-refractivity contribution in [3.05, 3.63) is 150 Å². The number of fused-ring (bicyclic) bond motifs is 2. The lowest BCUT2D eigenvalue weighted by Gasteiger charge is -2.45. The number of furan rings is 1. The van der Waals surface area contributed by atoms with Gasteiger partial charge in [0.25, 0.3) is 8.32 Å². The van der Waals surface area contributed by atoms with Crippen molar-refractivity contribution < 1.29 is 13.6 Å². The summed E-state index contributed by atoms with van der Waals surface area (Å²) in [5.74, 6) is 1.16. The third-order valence-corrected chi connectivity index (χ3v) is 16.1. The summed E-state index contributed by atoms with van der Waals surface area (Å²) in [6.07, 6.45) is 7.47. The highest BCUT2D eigenvalue weighted by Crippen LogP contribution is 2.47. The summed E-state index contributed by atoms with van der Waals surface area (Å²) in [7, 11) is -2.80. The van der Waals surface area contributed by atoms with Crippen molar-refractivity contribution >= 4 is 35.6 Å². The Labute approximate surface area is 302 Å². The van der Waals surface area contributed by atoms with Crippen LogP contribution >= 0.6 is 0 Å². The number of ether oxygens (including phenoxy) is 1. The van der Waals surface area contributed by atoms with Gasteiger partial charge in [-0.25, -0.2) is 9.97 Å². The number of benzene rings is 4. The Kier molecular flexibility index (Phi) is 9.36. The third kappa shape index (κ3) is 6.55. The minimum Gasteiger partial charge on any atom is -0.458 e. The van der Waals surface area contributed by atoms with Crippen LogP contribution in [0.3, 0.4) is 0 Å². The highest BCUT2D eigenvalue weighted by Gasteiger charge is 2.53. The van der Waals surface area contributed by atoms with Crippen molar-refractivity contribution in [2.75, 3.05) is 11.9 Å². The molecule has 7 heteroatoms. The molecule has 0 radical (unpaired) electrons. The monoisotopic (exact) mass is 693 g/mol. The Bertz CT molecular complexity index is 2020. The highest BCUT2D eigenvalue weighted by molar-refractivity contribution is 6.99. The molecular formula is C44H47N3O3Si. The molecule has 6 aromatic rings. The van der Waals surface area contributed by atoms with E-state index in [4.69, 9.17) is 18.6 Å². The van der Waals surface area contributed by atoms with E-state index < -0.39 is 8.32 Å². The second-order valence-electron chi connectivity index (χ2n) is 15.3. The quantitative estimate of drug-likeness (QED) is 0.137. The fourth-order valence-electron chi connectivity index (χ4n) is 8.61. The van der Waals surface area contributed by atoms with E-state index in [-0.39, 0.29) is 29.0 Å². The maximum atomic E-state index is 7.82. The molecule has 1 fully saturated rings. The largest absolute Gasteiger partial charge is 0.458 e. The molecule has 51 heavy (non-hydrogen) atoms. The Morgan fingerprint density at radius 2 is 1.45 bits per heavy atom. The normalized spacial score (nSPS) is 20.5. The van der Waals surface area contributed by atoms with Gasteiger partial charge in [-0.15, -0.1) is 0 Å². The first-order chi connectivity index (χ1) is 24.9. The zero-order valence-electron chi connectivity index (χ0n) is 29.8. The molecule has 6 nitrogen and oxygen atoms in total. The number of nitrogens with one attached hydrogen (secondary N) is 1. The minimum atomic E-state index is -2.80. The Morgan fingerprint density at radius 3 is 2.16 bits per heavy atom. The molecule has 2 aromatic heterocycles. The fraction of sp³-hybridized carbons (Fsp3) is 0.318. The summed E-state index contributed by atoms with van der Waals surface area (Å²) in [6, 6.07) is 41.2. The minimum absolute atomic E-state index is 0.0172. The molecule has 0 aliphatic heterocycles. The molecule has 0 unspecified atom stereocenters. The molecule has 0 bridgehead atoms. The first-order valence-electron chi connectivity index (χ1n) is 18.4. The van der Waals surface area contributed by atoms with Crippen LogP contribution in [0.25, 0.3) is 11.1 Å². The predicted octanol–water partition coefficient (Wildman–Crippen LogP) is 8.98. The molecular weight excluding hydrogens is 647 g/mol. The van der Waals surface area contributed by atoms with Gasteiger partial charge in [-0.05, 0) is 63.7 Å². The molecule has 0 spiro atoms. The van der Waals surface area contributed by atoms with E-state index in [0.717, 1.165) is 48.2 Å². The summed E-state index contributed by atoms with van der Waals surface area (Å²) in [4.78, 5) is 9.49. The molecule has 0 amide bonds. The van der Waals surface area contributed by atoms with Crippen LogP contribution in [-0.2, 0) is 22.2 Å². The van der Waals surface area contributed by atoms with Crippen LogP contribution in [-0.4, -0.2) is 31.0 Å². The number of anilines is 1. The van der Waals surface area contributed by atoms with Crippen molar-refractivity contribution in [1.82, 2.24) is 9.97 Å². The molecule has 8 rings (SSSR count). The van der Waals surface area contributed by atoms with E-state index in [1.54, 1.807) is 6.33 Å². The highest BCUT2D eigenvalue weighted by atomic mass is 28.4. The molecule has 2 aliphatic carbocycles. The lowest BCUT2D eigenvalue weighted by atomic mass is 9.98. The number of hydrogen-bond acceptors (Lipinski definition) is 6. The second kappa shape index (κ2) is 14.2. The molecule has 0 saturated heterocycles. The molecule has 2 heterocycles. The van der Waals surface area contributed by atoms with E-state index in [0.29, 0.717) is 13.2 Å². The van der Waals surface area contributed by atoms with Gasteiger partial charge in [0.1, 0.15) is 11.8 Å². The van der Waals surface area contributed by atoms with Gasteiger partial charge >= 0.3 is 0 Å². The van der Waals surface area contributed by atoms with Gasteiger partial charge in [-0.2, -0.15) is 0 Å². The summed E-state index contributed by atoms with van der Waals surface area (Å²) >= 11 is 0. The van der Waals surface area contributed by atoms with Crippen molar-refractivity contribution in [2.45, 2.75) is 76.2 Å². The van der Waals surface area contributed by atoms with Gasteiger partial charge in [0, 0.05) is 11.5 Å². The van der Waals surface area contributed by atoms with Crippen LogP contribution in [0.15, 0.2) is 132 Å². The van der Waals surface area contributed by atoms with Gasteiger partial charge in [0.2, 0.25) is 0 Å². The van der Waals surface area contributed by atoms with Crippen LogP contribution in [0.4, 0.5) is 5.82 Å². The molecule has 4 aromatic carbocycles. The van der Waals surface area contributed by atoms with Crippen molar-refractivity contribution in [2.24, 2.45) is 5.92 Å². The number of aryl methyl sites for hydroxylation is 1. The Hall–Kier alpha value is -4.56. The number of hydrogen-bond donors (Lipinski definition) is 1. The lowest BCUT2D eigenvalue weighted by molar-refractivity contribution is 0.0427. The lowest BCUT2D eigenvalue weighted by Crippen LogP contribution is -2.68. The van der Waals surface area contributed by atoms with E-state index in [2.05, 4.69) is 140 Å². The zero-order chi connectivity index (χ0) is 34.8. The van der Waals surface area contributed by atoms with Crippen molar-refractivity contribution in [3.8, 4) is 0 Å². The summed E-state index contributed by atoms with van der Waals surface area (Å²) < 4.78 is 20.7. The number of aromatic nitrogens is 2. The average molecular weight is 694 g/mol. The van der Waals surface area contributed by atoms with Crippen LogP contribution < -0.4 is 15.7 Å². The summed E-state index contributed by atoms with van der Waals surface area (Å²) in [6.45, 7) is 8.25. The van der Waals surface area contributed by atoms with Gasteiger partial charge < -0.3 is 18.9 Å². The third-order valence-electron chi connectivity index (χ3n) is 11.1. The molecule has 2 aliphatic rings. The maximum absolute atomic E-state index is 7.82. The molecule has 260 valence electrons. The van der Waals surface area contributed by atoms with Gasteiger partial charge in [-0.1, -0.05) is 136 Å². The fourth-order valence-corrected chi connectivity index (χ4v) is 13.4. The van der Waals surface area contributed by atoms with Crippen molar-refractivity contribution in [3.63, 3.8) is 0 Å². The van der Waals surface area contributed by atoms with E-state index in [1.807, 2.05) is 12.3 Å². The standard InChI is InChI=1S/C44H47N3O3Si/c1-44(2,3)51(35-18-9-5-10-19-35,36-20-11-6-12-21-36)50-40-26-33(25-34(40)28-48-27-31-15-7-4-8-16-31)38-29-49-42-41(38)45-30-46-43(42)47-39-24-23-32-17-13-14-22-37(32)39/h4-22,29-30,33-34,39-40H,23-28H2,1-3H3,(H,45,46,47)/t33-,34-,39-,40+/m0/s1. The van der Waals surface area contributed by atoms with Gasteiger partial charge in [0.15, 0.2) is 11.4 Å². The topological polar surface area (TPSA) is 69.4 Å². The molecule has 4 atom stereocenters. The first-order valence-corrected chi connectivity index (χ1v) is 20.3. The van der Waals surface area contributed by atoms with Gasteiger partial charge in [-0.3, -0.25) is 0 Å². The molecule has 1 saturated carbocycles. The Morgan fingerprint density at radius 1 is 0.784 bits per heavy atom. The summed E-state index contributed by atoms with van der Waals surface area (Å²) in [5, 5.41) is 6.16. The second-order valence-corrected chi connectivity index (χ2v) is 19.5. The summed E-state index contributed by atoms with van der Waals surface area (Å²) in [5.41, 5.74) is 6.67. The number of rotatable bonds is 11. The van der Waals surface area contributed by atoms with Crippen LogP contribution in [0.1, 0.15) is 74.2 Å². The average Bonchev–Trinajstić information content (AvgIpc) is 3.89. The van der Waals surface area contributed by atoms with Crippen LogP contribution in [0, 0.1) is 5.92 Å². The Balaban J connectivity index is 1.13. The van der Waals surface area contributed by atoms with E-state index in [1.165, 1.54) is 27.1 Å². The van der Waals surface area contributed by atoms with Crippen LogP contribution in [0.5, 0.6) is 0 Å². The van der Waals surface area contributed by atoms with Crippen LogP contribution in [0.2, 0.25) is 5.04 Å². The first kappa shape index (κ1) is 33.6. The van der Waals surface area contributed by atoms with Gasteiger partial charge in [0.05, 0.1) is 31.6 Å². The van der Waals surface area contributed by atoms with Crippen molar-refractivity contribution in [1.29, 1.82) is 0 Å². The maximum Gasteiger partial charge on any atom is 0.261 e. The number of nitrogens with zero attached hydrogens (tertiary/aromatic N) is 2. The smallest absolute Gasteiger partial charge is 0.261 e. The SMILES string of the molecule is CC(C)(C)[Si](O[C@@H]1C[C@@H](c2coc3c(N[C@H]4CCc5ccccc54)ncnc23)C[C@H]1COCc1ccccc1)(c1ccccc1)c1ccccc1. The zero-order valence-corrected chi connectivity index (χ0v) is 30.8.